The van der Waals surface area contributed by atoms with Gasteiger partial charge in [0.2, 0.25) is 0 Å². The predicted molar refractivity (Wildman–Crippen MR) is 80.7 cm³/mol. The lowest BCUT2D eigenvalue weighted by atomic mass is 9.99. The molecule has 1 aromatic carbocycles. The van der Waals surface area contributed by atoms with E-state index in [2.05, 4.69) is 9.97 Å². The molecule has 0 saturated carbocycles. The van der Waals surface area contributed by atoms with E-state index in [0.29, 0.717) is 22.0 Å². The number of para-hydroxylation sites is 1. The second-order valence-electron chi connectivity index (χ2n) is 4.77. The van der Waals surface area contributed by atoms with Gasteiger partial charge in [0.25, 0.3) is 5.56 Å². The van der Waals surface area contributed by atoms with Crippen molar-refractivity contribution < 1.29 is 9.53 Å². The van der Waals surface area contributed by atoms with Crippen LogP contribution in [0.15, 0.2) is 29.1 Å². The first kappa shape index (κ1) is 13.8. The van der Waals surface area contributed by atoms with E-state index < -0.39 is 5.97 Å². The zero-order valence-corrected chi connectivity index (χ0v) is 11.9. The van der Waals surface area contributed by atoms with Crippen LogP contribution in [0.1, 0.15) is 21.7 Å². The molecule has 108 valence electrons. The molecule has 0 aliphatic heterocycles. The molecular formula is C16H11N3O3. The molecular weight excluding hydrogens is 282 g/mol. The van der Waals surface area contributed by atoms with E-state index >= 15 is 0 Å². The molecule has 1 N–H and O–H groups in total. The first-order valence-corrected chi connectivity index (χ1v) is 6.52. The predicted octanol–water partition coefficient (Wildman–Crippen LogP) is 2.04. The van der Waals surface area contributed by atoms with Gasteiger partial charge in [-0.25, -0.2) is 9.78 Å². The summed E-state index contributed by atoms with van der Waals surface area (Å²) in [7, 11) is 1.23. The summed E-state index contributed by atoms with van der Waals surface area (Å²) in [6, 6.07) is 8.99. The minimum atomic E-state index is -0.690. The van der Waals surface area contributed by atoms with Crippen LogP contribution in [0.25, 0.3) is 21.7 Å². The van der Waals surface area contributed by atoms with Crippen LogP contribution in [-0.4, -0.2) is 23.0 Å². The van der Waals surface area contributed by atoms with E-state index in [-0.39, 0.29) is 22.2 Å². The van der Waals surface area contributed by atoms with Crippen LogP contribution in [0.4, 0.5) is 0 Å². The van der Waals surface area contributed by atoms with Gasteiger partial charge >= 0.3 is 5.97 Å². The largest absolute Gasteiger partial charge is 0.465 e. The number of carbonyl (C=O) groups excluding carboxylic acids is 1. The highest BCUT2D eigenvalue weighted by atomic mass is 16.5. The average Bonchev–Trinajstić information content (AvgIpc) is 2.53. The number of aromatic amines is 1. The quantitative estimate of drug-likeness (QED) is 0.547. The van der Waals surface area contributed by atoms with E-state index in [1.165, 1.54) is 7.11 Å². The van der Waals surface area contributed by atoms with Gasteiger partial charge in [-0.05, 0) is 13.0 Å². The number of aryl methyl sites for hydroxylation is 1. The zero-order valence-electron chi connectivity index (χ0n) is 11.9. The molecule has 2 aromatic heterocycles. The van der Waals surface area contributed by atoms with E-state index in [9.17, 15) is 14.9 Å². The number of methoxy groups -OCH3 is 1. The van der Waals surface area contributed by atoms with Crippen molar-refractivity contribution in [1.82, 2.24) is 9.97 Å². The van der Waals surface area contributed by atoms with Gasteiger partial charge in [0.1, 0.15) is 11.6 Å². The Hall–Kier alpha value is -3.20. The van der Waals surface area contributed by atoms with Crippen molar-refractivity contribution in [3.05, 3.63) is 51.6 Å². The summed E-state index contributed by atoms with van der Waals surface area (Å²) in [4.78, 5) is 31.3. The van der Waals surface area contributed by atoms with Crippen molar-refractivity contribution in [1.29, 1.82) is 5.26 Å². The van der Waals surface area contributed by atoms with E-state index in [0.717, 1.165) is 0 Å². The van der Waals surface area contributed by atoms with Crippen molar-refractivity contribution in [2.75, 3.05) is 7.11 Å². The summed E-state index contributed by atoms with van der Waals surface area (Å²) < 4.78 is 4.77. The lowest BCUT2D eigenvalue weighted by Gasteiger charge is -2.11. The minimum absolute atomic E-state index is 0.0212. The maximum Gasteiger partial charge on any atom is 0.341 e. The maximum absolute atomic E-state index is 12.3. The van der Waals surface area contributed by atoms with Crippen LogP contribution in [0.2, 0.25) is 0 Å². The van der Waals surface area contributed by atoms with Crippen molar-refractivity contribution in [2.45, 2.75) is 6.92 Å². The fourth-order valence-corrected chi connectivity index (χ4v) is 2.63. The first-order valence-electron chi connectivity index (χ1n) is 6.52. The number of fused-ring (bicyclic) bond motifs is 3. The number of esters is 1. The molecule has 6 heteroatoms. The molecule has 6 nitrogen and oxygen atoms in total. The summed E-state index contributed by atoms with van der Waals surface area (Å²) in [5.41, 5.74) is 0.597. The molecule has 0 aliphatic rings. The Balaban J connectivity index is 2.72. The van der Waals surface area contributed by atoms with Crippen LogP contribution >= 0.6 is 0 Å². The van der Waals surface area contributed by atoms with Gasteiger partial charge in [0, 0.05) is 16.3 Å². The van der Waals surface area contributed by atoms with Crippen molar-refractivity contribution in [3.8, 4) is 6.07 Å². The Kier molecular flexibility index (Phi) is 3.11. The Morgan fingerprint density at radius 3 is 2.73 bits per heavy atom. The monoisotopic (exact) mass is 293 g/mol. The number of rotatable bonds is 1. The molecule has 0 amide bonds. The third-order valence-electron chi connectivity index (χ3n) is 3.55. The summed E-state index contributed by atoms with van der Waals surface area (Å²) in [5, 5.41) is 10.6. The second kappa shape index (κ2) is 4.97. The number of carbonyl (C=O) groups is 1. The molecule has 3 aromatic rings. The fourth-order valence-electron chi connectivity index (χ4n) is 2.63. The maximum atomic E-state index is 12.3. The topological polar surface area (TPSA) is 95.8 Å². The Bertz CT molecular complexity index is 1030. The zero-order chi connectivity index (χ0) is 15.9. The van der Waals surface area contributed by atoms with Gasteiger partial charge in [0.05, 0.1) is 18.2 Å². The molecule has 0 spiro atoms. The number of H-pyrrole nitrogens is 1. The summed E-state index contributed by atoms with van der Waals surface area (Å²) in [5.74, 6) is -0.690. The van der Waals surface area contributed by atoms with Gasteiger partial charge in [-0.3, -0.25) is 4.79 Å². The van der Waals surface area contributed by atoms with Crippen molar-refractivity contribution in [3.63, 3.8) is 0 Å². The number of nitriles is 1. The van der Waals surface area contributed by atoms with Gasteiger partial charge in [0.15, 0.2) is 5.69 Å². The number of nitrogens with zero attached hydrogens (tertiary/aromatic N) is 2. The lowest BCUT2D eigenvalue weighted by molar-refractivity contribution is 0.0602. The van der Waals surface area contributed by atoms with E-state index in [4.69, 9.17) is 4.74 Å². The van der Waals surface area contributed by atoms with Crippen molar-refractivity contribution >= 4 is 27.6 Å². The number of nitrogens with one attached hydrogen (secondary N) is 1. The fraction of sp³-hybridized carbons (Fsp3) is 0.125. The number of hydrogen-bond acceptors (Lipinski definition) is 5. The van der Waals surface area contributed by atoms with E-state index in [1.807, 2.05) is 6.07 Å². The standard InChI is InChI=1S/C16H11N3O3/c1-8-12-13(14(16(21)22-2)11(7-17)18-8)9-5-3-4-6-10(9)19-15(12)20/h3-6H,1-2H3,(H,19,20). The average molecular weight is 293 g/mol. The second-order valence-corrected chi connectivity index (χ2v) is 4.77. The molecule has 0 aliphatic carbocycles. The smallest absolute Gasteiger partial charge is 0.341 e. The highest BCUT2D eigenvalue weighted by Crippen LogP contribution is 2.28. The van der Waals surface area contributed by atoms with Crippen LogP contribution in [0.5, 0.6) is 0 Å². The molecule has 0 atom stereocenters. The van der Waals surface area contributed by atoms with Crippen LogP contribution in [-0.2, 0) is 4.74 Å². The summed E-state index contributed by atoms with van der Waals surface area (Å²) in [6.45, 7) is 1.63. The number of pyridine rings is 2. The van der Waals surface area contributed by atoms with Crippen LogP contribution < -0.4 is 5.56 Å². The molecule has 0 fully saturated rings. The number of hydrogen-bond donors (Lipinski definition) is 1. The van der Waals surface area contributed by atoms with Crippen LogP contribution in [0.3, 0.4) is 0 Å². The molecule has 0 saturated heterocycles. The van der Waals surface area contributed by atoms with Crippen molar-refractivity contribution in [2.24, 2.45) is 0 Å². The van der Waals surface area contributed by atoms with E-state index in [1.54, 1.807) is 31.2 Å². The number of aromatic nitrogens is 2. The highest BCUT2D eigenvalue weighted by molar-refractivity contribution is 6.16. The molecule has 0 unspecified atom stereocenters. The lowest BCUT2D eigenvalue weighted by Crippen LogP contribution is -2.15. The summed E-state index contributed by atoms with van der Waals surface area (Å²) >= 11 is 0. The molecule has 0 radical (unpaired) electrons. The van der Waals surface area contributed by atoms with Gasteiger partial charge in [-0.1, -0.05) is 18.2 Å². The molecule has 2 heterocycles. The normalized spacial score (nSPS) is 10.6. The van der Waals surface area contributed by atoms with Gasteiger partial charge in [-0.15, -0.1) is 0 Å². The van der Waals surface area contributed by atoms with Crippen LogP contribution in [0, 0.1) is 18.3 Å². The SMILES string of the molecule is COC(=O)c1c(C#N)nc(C)c2c(=O)[nH]c3ccccc3c12. The number of benzene rings is 1. The molecule has 0 bridgehead atoms. The first-order chi connectivity index (χ1) is 10.6. The third-order valence-corrected chi connectivity index (χ3v) is 3.55. The Morgan fingerprint density at radius 1 is 1.32 bits per heavy atom. The van der Waals surface area contributed by atoms with Gasteiger partial charge in [-0.2, -0.15) is 5.26 Å². The molecule has 22 heavy (non-hydrogen) atoms. The summed E-state index contributed by atoms with van der Waals surface area (Å²) in [6.07, 6.45) is 0. The van der Waals surface area contributed by atoms with Gasteiger partial charge < -0.3 is 9.72 Å². The Morgan fingerprint density at radius 2 is 2.05 bits per heavy atom. The number of ether oxygens (including phenoxy) is 1. The molecule has 3 rings (SSSR count). The highest BCUT2D eigenvalue weighted by Gasteiger charge is 2.22. The minimum Gasteiger partial charge on any atom is -0.465 e. The third kappa shape index (κ3) is 1.84. The Labute approximate surface area is 125 Å².